The maximum absolute atomic E-state index is 13.6. The highest BCUT2D eigenvalue weighted by Gasteiger charge is 2.30. The van der Waals surface area contributed by atoms with Gasteiger partial charge in [0.05, 0.1) is 16.1 Å². The molecule has 19 heavy (non-hydrogen) atoms. The van der Waals surface area contributed by atoms with Crippen molar-refractivity contribution in [2.75, 3.05) is 6.54 Å². The van der Waals surface area contributed by atoms with Crippen LogP contribution < -0.4 is 11.1 Å². The zero-order valence-corrected chi connectivity index (χ0v) is 11.8. The molecule has 1 rings (SSSR count). The highest BCUT2D eigenvalue weighted by Crippen LogP contribution is 2.21. The summed E-state index contributed by atoms with van der Waals surface area (Å²) in [7, 11) is 0. The summed E-state index contributed by atoms with van der Waals surface area (Å²) in [5.74, 6) is -2.38. The number of amides is 1. The van der Waals surface area contributed by atoms with Gasteiger partial charge in [-0.2, -0.15) is 0 Å². The minimum Gasteiger partial charge on any atom is -0.345 e. The van der Waals surface area contributed by atoms with Gasteiger partial charge in [-0.05, 0) is 25.0 Å². The average Bonchev–Trinajstić information content (AvgIpc) is 2.33. The van der Waals surface area contributed by atoms with Gasteiger partial charge in [0.2, 0.25) is 0 Å². The van der Waals surface area contributed by atoms with Crippen LogP contribution in [0.4, 0.5) is 8.78 Å². The number of hydrogen-bond acceptors (Lipinski definition) is 2. The lowest BCUT2D eigenvalue weighted by molar-refractivity contribution is 0.0878. The molecule has 0 aliphatic rings. The van der Waals surface area contributed by atoms with Crippen molar-refractivity contribution in [3.63, 3.8) is 0 Å². The van der Waals surface area contributed by atoms with Gasteiger partial charge in [-0.1, -0.05) is 25.4 Å². The van der Waals surface area contributed by atoms with Crippen molar-refractivity contribution in [1.29, 1.82) is 0 Å². The van der Waals surface area contributed by atoms with E-state index in [9.17, 15) is 13.6 Å². The Labute approximate surface area is 116 Å². The normalized spacial score (nSPS) is 14.3. The summed E-state index contributed by atoms with van der Waals surface area (Å²) < 4.78 is 26.9. The van der Waals surface area contributed by atoms with E-state index in [0.717, 1.165) is 12.1 Å². The fourth-order valence-corrected chi connectivity index (χ4v) is 1.60. The van der Waals surface area contributed by atoms with Crippen molar-refractivity contribution in [1.82, 2.24) is 5.32 Å². The van der Waals surface area contributed by atoms with Crippen LogP contribution in [0.2, 0.25) is 5.02 Å². The molecule has 0 saturated heterocycles. The van der Waals surface area contributed by atoms with E-state index in [2.05, 4.69) is 5.32 Å². The number of hydrogen-bond donors (Lipinski definition) is 2. The van der Waals surface area contributed by atoms with Gasteiger partial charge in [-0.15, -0.1) is 0 Å². The lowest BCUT2D eigenvalue weighted by Crippen LogP contribution is -2.55. The molecule has 0 aromatic heterocycles. The number of rotatable bonds is 4. The first kappa shape index (κ1) is 15.9. The number of nitrogens with two attached hydrogens (primary N) is 1. The summed E-state index contributed by atoms with van der Waals surface area (Å²) in [6.07, 6.45) is 0. The molecule has 3 N–H and O–H groups in total. The van der Waals surface area contributed by atoms with Gasteiger partial charge in [0, 0.05) is 6.54 Å². The monoisotopic (exact) mass is 290 g/mol. The second-order valence-electron chi connectivity index (χ2n) is 4.98. The van der Waals surface area contributed by atoms with E-state index in [1.807, 2.05) is 13.8 Å². The Kier molecular flexibility index (Phi) is 4.87. The molecule has 0 fully saturated rings. The molecule has 0 heterocycles. The van der Waals surface area contributed by atoms with Crippen LogP contribution in [0.15, 0.2) is 12.1 Å². The second kappa shape index (κ2) is 5.84. The van der Waals surface area contributed by atoms with Crippen molar-refractivity contribution in [3.05, 3.63) is 34.4 Å². The molecule has 106 valence electrons. The highest BCUT2D eigenvalue weighted by molar-refractivity contribution is 6.30. The zero-order chi connectivity index (χ0) is 14.8. The predicted molar refractivity (Wildman–Crippen MR) is 71.1 cm³/mol. The summed E-state index contributed by atoms with van der Waals surface area (Å²) in [5.41, 5.74) is 4.54. The number of benzene rings is 1. The van der Waals surface area contributed by atoms with Gasteiger partial charge < -0.3 is 11.1 Å². The van der Waals surface area contributed by atoms with Crippen LogP contribution in [0, 0.1) is 17.6 Å². The van der Waals surface area contributed by atoms with Crippen LogP contribution in [-0.4, -0.2) is 18.0 Å². The molecule has 1 aromatic carbocycles. The average molecular weight is 291 g/mol. The van der Waals surface area contributed by atoms with E-state index in [-0.39, 0.29) is 23.0 Å². The molecule has 6 heteroatoms. The smallest absolute Gasteiger partial charge is 0.254 e. The zero-order valence-electron chi connectivity index (χ0n) is 11.1. The van der Waals surface area contributed by atoms with Crippen LogP contribution >= 0.6 is 11.6 Å². The first-order chi connectivity index (χ1) is 8.71. The summed E-state index contributed by atoms with van der Waals surface area (Å²) in [6, 6.07) is 1.56. The Balaban J connectivity index is 3.05. The van der Waals surface area contributed by atoms with E-state index < -0.39 is 23.1 Å². The van der Waals surface area contributed by atoms with Crippen molar-refractivity contribution < 1.29 is 13.6 Å². The molecule has 0 aliphatic carbocycles. The molecule has 0 saturated carbocycles. The fraction of sp³-hybridized carbons (Fsp3) is 0.462. The Hall–Kier alpha value is -1.20. The molecule has 0 bridgehead atoms. The largest absolute Gasteiger partial charge is 0.345 e. The Bertz CT molecular complexity index is 494. The van der Waals surface area contributed by atoms with Gasteiger partial charge in [-0.25, -0.2) is 8.78 Å². The Morgan fingerprint density at radius 1 is 1.42 bits per heavy atom. The summed E-state index contributed by atoms with van der Waals surface area (Å²) in [6.45, 7) is 5.70. The summed E-state index contributed by atoms with van der Waals surface area (Å²) >= 11 is 5.43. The van der Waals surface area contributed by atoms with Gasteiger partial charge in [-0.3, -0.25) is 4.79 Å². The number of carbonyl (C=O) groups excluding carboxylic acids is 1. The maximum Gasteiger partial charge on any atom is 0.254 e. The topological polar surface area (TPSA) is 55.1 Å². The van der Waals surface area contributed by atoms with Crippen LogP contribution in [0.1, 0.15) is 31.1 Å². The van der Waals surface area contributed by atoms with Crippen LogP contribution in [-0.2, 0) is 0 Å². The SMILES string of the molecule is CC(C)C(C)(CN)NC(=O)c1cc(F)c(Cl)cc1F. The van der Waals surface area contributed by atoms with Crippen molar-refractivity contribution in [2.45, 2.75) is 26.3 Å². The predicted octanol–water partition coefficient (Wildman–Crippen LogP) is 2.72. The fourth-order valence-electron chi connectivity index (χ4n) is 1.45. The molecular formula is C13H17ClF2N2O. The van der Waals surface area contributed by atoms with E-state index >= 15 is 0 Å². The van der Waals surface area contributed by atoms with E-state index in [0.29, 0.717) is 0 Å². The van der Waals surface area contributed by atoms with Crippen LogP contribution in [0.5, 0.6) is 0 Å². The third kappa shape index (κ3) is 3.42. The Morgan fingerprint density at radius 3 is 2.47 bits per heavy atom. The maximum atomic E-state index is 13.6. The van der Waals surface area contributed by atoms with Gasteiger partial charge in [0.25, 0.3) is 5.91 Å². The quantitative estimate of drug-likeness (QED) is 0.838. The molecular weight excluding hydrogens is 274 g/mol. The molecule has 0 spiro atoms. The van der Waals surface area contributed by atoms with E-state index in [1.165, 1.54) is 0 Å². The van der Waals surface area contributed by atoms with Crippen LogP contribution in [0.3, 0.4) is 0 Å². The van der Waals surface area contributed by atoms with Crippen molar-refractivity contribution in [3.8, 4) is 0 Å². The van der Waals surface area contributed by atoms with E-state index in [1.54, 1.807) is 6.92 Å². The number of halogens is 3. The lowest BCUT2D eigenvalue weighted by Gasteiger charge is -2.33. The van der Waals surface area contributed by atoms with Crippen molar-refractivity contribution >= 4 is 17.5 Å². The molecule has 1 atom stereocenters. The van der Waals surface area contributed by atoms with Gasteiger partial charge in [0.15, 0.2) is 0 Å². The molecule has 0 radical (unpaired) electrons. The molecule has 1 aromatic rings. The van der Waals surface area contributed by atoms with Crippen LogP contribution in [0.25, 0.3) is 0 Å². The summed E-state index contributed by atoms with van der Waals surface area (Å²) in [5, 5.41) is 2.27. The highest BCUT2D eigenvalue weighted by atomic mass is 35.5. The first-order valence-electron chi connectivity index (χ1n) is 5.88. The third-order valence-electron chi connectivity index (χ3n) is 3.35. The minimum atomic E-state index is -0.868. The standard InChI is InChI=1S/C13H17ClF2N2O/c1-7(2)13(3,6-17)18-12(19)8-4-11(16)9(14)5-10(8)15/h4-5,7H,6,17H2,1-3H3,(H,18,19). The second-order valence-corrected chi connectivity index (χ2v) is 5.38. The van der Waals surface area contributed by atoms with Gasteiger partial charge >= 0.3 is 0 Å². The molecule has 0 aliphatic heterocycles. The molecule has 1 unspecified atom stereocenters. The first-order valence-corrected chi connectivity index (χ1v) is 6.26. The molecule has 3 nitrogen and oxygen atoms in total. The third-order valence-corrected chi connectivity index (χ3v) is 3.64. The minimum absolute atomic E-state index is 0.0432. The van der Waals surface area contributed by atoms with E-state index in [4.69, 9.17) is 17.3 Å². The van der Waals surface area contributed by atoms with Gasteiger partial charge in [0.1, 0.15) is 11.6 Å². The number of nitrogens with one attached hydrogen (secondary N) is 1. The summed E-state index contributed by atoms with van der Waals surface area (Å²) in [4.78, 5) is 12.0. The lowest BCUT2D eigenvalue weighted by atomic mass is 9.88. The Morgan fingerprint density at radius 2 is 2.00 bits per heavy atom. The number of carbonyl (C=O) groups is 1. The molecule has 1 amide bonds. The van der Waals surface area contributed by atoms with Crippen molar-refractivity contribution in [2.24, 2.45) is 11.7 Å².